The van der Waals surface area contributed by atoms with E-state index in [1.165, 1.54) is 17.7 Å². The highest BCUT2D eigenvalue weighted by atomic mass is 32.1. The van der Waals surface area contributed by atoms with E-state index in [2.05, 4.69) is 25.1 Å². The van der Waals surface area contributed by atoms with Crippen LogP contribution in [-0.4, -0.2) is 30.3 Å². The van der Waals surface area contributed by atoms with Crippen molar-refractivity contribution in [2.45, 2.75) is 6.10 Å². The summed E-state index contributed by atoms with van der Waals surface area (Å²) in [4.78, 5) is 14.9. The van der Waals surface area contributed by atoms with E-state index in [0.717, 1.165) is 32.1 Å². The highest BCUT2D eigenvalue weighted by molar-refractivity contribution is 7.19. The zero-order valence-corrected chi connectivity index (χ0v) is 16.7. The summed E-state index contributed by atoms with van der Waals surface area (Å²) in [5.74, 6) is 0.629. The molecule has 2 N–H and O–H groups in total. The molecule has 0 saturated carbocycles. The quantitative estimate of drug-likeness (QED) is 0.429. The molecule has 6 nitrogen and oxygen atoms in total. The van der Waals surface area contributed by atoms with Gasteiger partial charge in [-0.05, 0) is 23.8 Å². The summed E-state index contributed by atoms with van der Waals surface area (Å²) in [5.41, 5.74) is 3.68. The number of nitrogens with one attached hydrogen (secondary N) is 1. The standard InChI is InChI=1S/C21H15N5OS2/c27-18(21-25-16(11-28-21)13-4-2-1-3-5-13)15-10-17(14-6-8-22-9-7-14)29-19(15)20-23-12-24-26-20/h1-12,18,27H,(H,23,24,26). The summed E-state index contributed by atoms with van der Waals surface area (Å²) in [6.45, 7) is 0. The molecule has 0 aliphatic rings. The smallest absolute Gasteiger partial charge is 0.165 e. The van der Waals surface area contributed by atoms with Crippen LogP contribution in [0.25, 0.3) is 32.4 Å². The summed E-state index contributed by atoms with van der Waals surface area (Å²) < 4.78 is 0. The molecule has 5 rings (SSSR count). The Bertz CT molecular complexity index is 1220. The van der Waals surface area contributed by atoms with Gasteiger partial charge < -0.3 is 5.11 Å². The zero-order chi connectivity index (χ0) is 19.6. The second-order valence-electron chi connectivity index (χ2n) is 6.30. The largest absolute Gasteiger partial charge is 0.381 e. The van der Waals surface area contributed by atoms with Crippen molar-refractivity contribution in [2.75, 3.05) is 0 Å². The van der Waals surface area contributed by atoms with Gasteiger partial charge in [0.1, 0.15) is 17.4 Å². The lowest BCUT2D eigenvalue weighted by atomic mass is 10.1. The van der Waals surface area contributed by atoms with Crippen LogP contribution in [0.4, 0.5) is 0 Å². The molecule has 0 fully saturated rings. The molecule has 0 aliphatic heterocycles. The molecule has 0 bridgehead atoms. The van der Waals surface area contributed by atoms with E-state index in [9.17, 15) is 5.11 Å². The van der Waals surface area contributed by atoms with Gasteiger partial charge in [-0.2, -0.15) is 5.10 Å². The maximum Gasteiger partial charge on any atom is 0.165 e. The molecular formula is C21H15N5OS2. The van der Waals surface area contributed by atoms with E-state index in [0.29, 0.717) is 10.8 Å². The Hall–Kier alpha value is -3.20. The van der Waals surface area contributed by atoms with Crippen molar-refractivity contribution < 1.29 is 5.11 Å². The third-order valence-corrected chi connectivity index (χ3v) is 6.58. The van der Waals surface area contributed by atoms with E-state index in [1.54, 1.807) is 23.7 Å². The van der Waals surface area contributed by atoms with Gasteiger partial charge in [0, 0.05) is 33.8 Å². The number of thiophene rings is 1. The van der Waals surface area contributed by atoms with Gasteiger partial charge in [-0.15, -0.1) is 22.7 Å². The second kappa shape index (κ2) is 7.67. The number of hydrogen-bond acceptors (Lipinski definition) is 7. The van der Waals surface area contributed by atoms with Crippen molar-refractivity contribution in [3.63, 3.8) is 0 Å². The molecule has 4 heterocycles. The summed E-state index contributed by atoms with van der Waals surface area (Å²) in [6.07, 6.45) is 4.12. The number of aromatic amines is 1. The molecule has 0 saturated heterocycles. The number of pyridine rings is 1. The molecule has 4 aromatic heterocycles. The Labute approximate surface area is 174 Å². The van der Waals surface area contributed by atoms with Crippen LogP contribution >= 0.6 is 22.7 Å². The lowest BCUT2D eigenvalue weighted by Crippen LogP contribution is -1.99. The average Bonchev–Trinajstić information content (AvgIpc) is 3.55. The van der Waals surface area contributed by atoms with Crippen molar-refractivity contribution in [2.24, 2.45) is 0 Å². The second-order valence-corrected chi connectivity index (χ2v) is 8.25. The molecule has 5 aromatic rings. The first-order valence-corrected chi connectivity index (χ1v) is 10.6. The molecule has 0 amide bonds. The Morgan fingerprint density at radius 1 is 1.00 bits per heavy atom. The fraction of sp³-hybridized carbons (Fsp3) is 0.0476. The first-order valence-electron chi connectivity index (χ1n) is 8.88. The maximum absolute atomic E-state index is 11.2. The van der Waals surface area contributed by atoms with E-state index in [1.807, 2.05) is 53.9 Å². The van der Waals surface area contributed by atoms with Gasteiger partial charge in [0.25, 0.3) is 0 Å². The molecule has 29 heavy (non-hydrogen) atoms. The topological polar surface area (TPSA) is 87.6 Å². The molecule has 1 atom stereocenters. The predicted molar refractivity (Wildman–Crippen MR) is 115 cm³/mol. The monoisotopic (exact) mass is 417 g/mol. The average molecular weight is 418 g/mol. The van der Waals surface area contributed by atoms with Crippen LogP contribution in [0.1, 0.15) is 16.7 Å². The number of nitrogens with zero attached hydrogens (tertiary/aromatic N) is 4. The number of aliphatic hydroxyl groups excluding tert-OH is 1. The van der Waals surface area contributed by atoms with Crippen LogP contribution in [0.2, 0.25) is 0 Å². The van der Waals surface area contributed by atoms with Crippen molar-refractivity contribution in [1.82, 2.24) is 25.1 Å². The van der Waals surface area contributed by atoms with Crippen molar-refractivity contribution in [3.05, 3.63) is 83.2 Å². The number of aromatic nitrogens is 5. The van der Waals surface area contributed by atoms with E-state index in [-0.39, 0.29) is 0 Å². The number of thiazole rings is 1. The summed E-state index contributed by atoms with van der Waals surface area (Å²) in [6, 6.07) is 15.8. The zero-order valence-electron chi connectivity index (χ0n) is 15.1. The third kappa shape index (κ3) is 3.49. The van der Waals surface area contributed by atoms with Gasteiger partial charge in [-0.3, -0.25) is 10.1 Å². The number of hydrogen-bond donors (Lipinski definition) is 2. The van der Waals surface area contributed by atoms with Gasteiger partial charge in [-0.1, -0.05) is 30.3 Å². The van der Waals surface area contributed by atoms with Crippen LogP contribution in [-0.2, 0) is 0 Å². The third-order valence-electron chi connectivity index (χ3n) is 4.48. The van der Waals surface area contributed by atoms with Gasteiger partial charge in [0.2, 0.25) is 0 Å². The fourth-order valence-corrected chi connectivity index (χ4v) is 5.03. The van der Waals surface area contributed by atoms with Crippen molar-refractivity contribution in [1.29, 1.82) is 0 Å². The van der Waals surface area contributed by atoms with E-state index < -0.39 is 6.10 Å². The first-order chi connectivity index (χ1) is 14.3. The highest BCUT2D eigenvalue weighted by Gasteiger charge is 2.24. The molecular weight excluding hydrogens is 402 g/mol. The van der Waals surface area contributed by atoms with Crippen LogP contribution < -0.4 is 0 Å². The normalized spacial score (nSPS) is 12.2. The molecule has 1 aromatic carbocycles. The maximum atomic E-state index is 11.2. The van der Waals surface area contributed by atoms with E-state index >= 15 is 0 Å². The minimum atomic E-state index is -0.857. The summed E-state index contributed by atoms with van der Waals surface area (Å²) >= 11 is 3.00. The number of H-pyrrole nitrogens is 1. The summed E-state index contributed by atoms with van der Waals surface area (Å²) in [7, 11) is 0. The van der Waals surface area contributed by atoms with Gasteiger partial charge in [0.05, 0.1) is 10.6 Å². The number of aliphatic hydroxyl groups is 1. The Balaban J connectivity index is 1.56. The minimum Gasteiger partial charge on any atom is -0.381 e. The lowest BCUT2D eigenvalue weighted by Gasteiger charge is -2.07. The van der Waals surface area contributed by atoms with Crippen LogP contribution in [0.15, 0.2) is 72.6 Å². The molecule has 0 aliphatic carbocycles. The molecule has 0 radical (unpaired) electrons. The number of benzene rings is 1. The molecule has 0 spiro atoms. The van der Waals surface area contributed by atoms with E-state index in [4.69, 9.17) is 0 Å². The van der Waals surface area contributed by atoms with Gasteiger partial charge in [0.15, 0.2) is 5.82 Å². The lowest BCUT2D eigenvalue weighted by molar-refractivity contribution is 0.221. The predicted octanol–water partition coefficient (Wildman–Crippen LogP) is 4.80. The highest BCUT2D eigenvalue weighted by Crippen LogP contribution is 2.42. The molecule has 1 unspecified atom stereocenters. The van der Waals surface area contributed by atoms with Gasteiger partial charge in [-0.25, -0.2) is 9.97 Å². The Kier molecular flexibility index (Phi) is 4.73. The fourth-order valence-electron chi connectivity index (χ4n) is 3.05. The number of rotatable bonds is 5. The molecule has 8 heteroatoms. The van der Waals surface area contributed by atoms with Crippen LogP contribution in [0.5, 0.6) is 0 Å². The first kappa shape index (κ1) is 17.9. The van der Waals surface area contributed by atoms with Crippen molar-refractivity contribution >= 4 is 22.7 Å². The van der Waals surface area contributed by atoms with Gasteiger partial charge >= 0.3 is 0 Å². The van der Waals surface area contributed by atoms with Crippen LogP contribution in [0, 0.1) is 0 Å². The van der Waals surface area contributed by atoms with Crippen molar-refractivity contribution in [3.8, 4) is 32.4 Å². The summed E-state index contributed by atoms with van der Waals surface area (Å²) in [5, 5.41) is 20.7. The minimum absolute atomic E-state index is 0.629. The SMILES string of the molecule is OC(c1nc(-c2ccccc2)cs1)c1cc(-c2ccncc2)sc1-c1ncn[nH]1. The van der Waals surface area contributed by atoms with Crippen LogP contribution in [0.3, 0.4) is 0 Å². The molecule has 142 valence electrons. The Morgan fingerprint density at radius 3 is 2.59 bits per heavy atom. The Morgan fingerprint density at radius 2 is 1.83 bits per heavy atom.